The minimum atomic E-state index is -0.467. The Kier molecular flexibility index (Phi) is 4.39. The normalized spacial score (nSPS) is 16.8. The fourth-order valence-corrected chi connectivity index (χ4v) is 1.92. The first-order valence-corrected chi connectivity index (χ1v) is 6.42. The van der Waals surface area contributed by atoms with E-state index in [0.29, 0.717) is 6.54 Å². The minimum absolute atomic E-state index is 0.0209. The van der Waals surface area contributed by atoms with Crippen molar-refractivity contribution in [2.75, 3.05) is 19.7 Å². The maximum absolute atomic E-state index is 12.9. The molecule has 0 atom stereocenters. The standard InChI is InChI=1S/C13H16ClFN2O2/c1-13(7-16-8-13)19-6-12(18)17-5-9-2-3-11(15)10(14)4-9/h2-4,16H,5-8H2,1H3,(H,17,18). The summed E-state index contributed by atoms with van der Waals surface area (Å²) < 4.78 is 18.4. The minimum Gasteiger partial charge on any atom is -0.363 e. The van der Waals surface area contributed by atoms with Gasteiger partial charge in [-0.1, -0.05) is 17.7 Å². The molecule has 0 radical (unpaired) electrons. The molecule has 1 aliphatic heterocycles. The van der Waals surface area contributed by atoms with Gasteiger partial charge in [0.25, 0.3) is 0 Å². The van der Waals surface area contributed by atoms with Gasteiger partial charge >= 0.3 is 0 Å². The van der Waals surface area contributed by atoms with Crippen molar-refractivity contribution >= 4 is 17.5 Å². The maximum Gasteiger partial charge on any atom is 0.246 e. The highest BCUT2D eigenvalue weighted by molar-refractivity contribution is 6.30. The van der Waals surface area contributed by atoms with Gasteiger partial charge in [0.05, 0.1) is 10.6 Å². The lowest BCUT2D eigenvalue weighted by Gasteiger charge is -2.38. The fraction of sp³-hybridized carbons (Fsp3) is 0.462. The molecule has 1 aliphatic rings. The SMILES string of the molecule is CC1(OCC(=O)NCc2ccc(F)c(Cl)c2)CNC1. The van der Waals surface area contributed by atoms with Gasteiger partial charge in [0.1, 0.15) is 12.4 Å². The molecule has 1 aromatic carbocycles. The first kappa shape index (κ1) is 14.2. The molecule has 1 fully saturated rings. The molecule has 0 unspecified atom stereocenters. The van der Waals surface area contributed by atoms with Crippen LogP contribution >= 0.6 is 11.6 Å². The second-order valence-corrected chi connectivity index (χ2v) is 5.27. The zero-order valence-electron chi connectivity index (χ0n) is 10.6. The van der Waals surface area contributed by atoms with Crippen LogP contribution in [-0.4, -0.2) is 31.2 Å². The van der Waals surface area contributed by atoms with Crippen molar-refractivity contribution < 1.29 is 13.9 Å². The Labute approximate surface area is 116 Å². The summed E-state index contributed by atoms with van der Waals surface area (Å²) in [5.74, 6) is -0.668. The van der Waals surface area contributed by atoms with E-state index in [0.717, 1.165) is 18.7 Å². The highest BCUT2D eigenvalue weighted by Gasteiger charge is 2.32. The molecule has 19 heavy (non-hydrogen) atoms. The number of carbonyl (C=O) groups excluding carboxylic acids is 1. The predicted molar refractivity (Wildman–Crippen MR) is 70.5 cm³/mol. The topological polar surface area (TPSA) is 50.4 Å². The van der Waals surface area contributed by atoms with E-state index in [9.17, 15) is 9.18 Å². The highest BCUT2D eigenvalue weighted by Crippen LogP contribution is 2.16. The molecule has 1 amide bonds. The van der Waals surface area contributed by atoms with Crippen LogP contribution in [-0.2, 0) is 16.1 Å². The third-order valence-corrected chi connectivity index (χ3v) is 3.31. The van der Waals surface area contributed by atoms with E-state index in [1.165, 1.54) is 12.1 Å². The molecule has 6 heteroatoms. The molecule has 0 spiro atoms. The monoisotopic (exact) mass is 286 g/mol. The van der Waals surface area contributed by atoms with E-state index >= 15 is 0 Å². The van der Waals surface area contributed by atoms with E-state index in [1.54, 1.807) is 6.07 Å². The molecule has 104 valence electrons. The number of rotatable bonds is 5. The zero-order chi connectivity index (χ0) is 13.9. The van der Waals surface area contributed by atoms with Crippen LogP contribution < -0.4 is 10.6 Å². The third-order valence-electron chi connectivity index (χ3n) is 3.02. The molecule has 1 saturated heterocycles. The Hall–Kier alpha value is -1.17. The smallest absolute Gasteiger partial charge is 0.246 e. The number of ether oxygens (including phenoxy) is 1. The van der Waals surface area contributed by atoms with Crippen LogP contribution in [0.2, 0.25) is 5.02 Å². The summed E-state index contributed by atoms with van der Waals surface area (Å²) in [6.07, 6.45) is 0. The molecule has 0 aliphatic carbocycles. The summed E-state index contributed by atoms with van der Waals surface area (Å²) >= 11 is 5.66. The number of amides is 1. The highest BCUT2D eigenvalue weighted by atomic mass is 35.5. The van der Waals surface area contributed by atoms with Crippen molar-refractivity contribution in [2.45, 2.75) is 19.1 Å². The Morgan fingerprint density at radius 2 is 2.32 bits per heavy atom. The van der Waals surface area contributed by atoms with Crippen LogP contribution in [0.3, 0.4) is 0 Å². The van der Waals surface area contributed by atoms with Crippen LogP contribution in [0.4, 0.5) is 4.39 Å². The first-order chi connectivity index (χ1) is 8.98. The lowest BCUT2D eigenvalue weighted by atomic mass is 10.0. The third kappa shape index (κ3) is 3.89. The molecule has 1 heterocycles. The largest absolute Gasteiger partial charge is 0.363 e. The Morgan fingerprint density at radius 1 is 1.58 bits per heavy atom. The van der Waals surface area contributed by atoms with E-state index in [-0.39, 0.29) is 23.1 Å². The summed E-state index contributed by atoms with van der Waals surface area (Å²) in [4.78, 5) is 11.6. The van der Waals surface area contributed by atoms with Crippen molar-refractivity contribution in [3.63, 3.8) is 0 Å². The van der Waals surface area contributed by atoms with Crippen LogP contribution in [0, 0.1) is 5.82 Å². The molecule has 0 bridgehead atoms. The predicted octanol–water partition coefficient (Wildman–Crippen LogP) is 1.47. The van der Waals surface area contributed by atoms with Gasteiger partial charge in [0.15, 0.2) is 0 Å². The van der Waals surface area contributed by atoms with Gasteiger partial charge in [-0.2, -0.15) is 0 Å². The Bertz CT molecular complexity index is 478. The number of hydrogen-bond acceptors (Lipinski definition) is 3. The average molecular weight is 287 g/mol. The van der Waals surface area contributed by atoms with Gasteiger partial charge in [0, 0.05) is 19.6 Å². The van der Waals surface area contributed by atoms with Crippen molar-refractivity contribution in [3.05, 3.63) is 34.6 Å². The van der Waals surface area contributed by atoms with E-state index in [1.807, 2.05) is 6.92 Å². The summed E-state index contributed by atoms with van der Waals surface area (Å²) in [6.45, 7) is 3.79. The van der Waals surface area contributed by atoms with Crippen molar-refractivity contribution in [2.24, 2.45) is 0 Å². The molecule has 2 N–H and O–H groups in total. The molecular formula is C13H16ClFN2O2. The van der Waals surface area contributed by atoms with Crippen molar-refractivity contribution in [1.29, 1.82) is 0 Å². The Morgan fingerprint density at radius 3 is 2.89 bits per heavy atom. The molecule has 1 aromatic rings. The summed E-state index contributed by atoms with van der Waals surface area (Å²) in [6, 6.07) is 4.36. The second kappa shape index (κ2) is 5.86. The van der Waals surface area contributed by atoms with E-state index < -0.39 is 5.82 Å². The van der Waals surface area contributed by atoms with Crippen molar-refractivity contribution in [3.8, 4) is 0 Å². The first-order valence-electron chi connectivity index (χ1n) is 6.04. The van der Waals surface area contributed by atoms with Gasteiger partial charge in [0.2, 0.25) is 5.91 Å². The lowest BCUT2D eigenvalue weighted by molar-refractivity contribution is -0.136. The number of carbonyl (C=O) groups is 1. The van der Waals surface area contributed by atoms with Crippen LogP contribution in [0.25, 0.3) is 0 Å². The van der Waals surface area contributed by atoms with E-state index in [4.69, 9.17) is 16.3 Å². The van der Waals surface area contributed by atoms with E-state index in [2.05, 4.69) is 10.6 Å². The molecule has 0 aromatic heterocycles. The fourth-order valence-electron chi connectivity index (χ4n) is 1.72. The van der Waals surface area contributed by atoms with Crippen LogP contribution in [0.15, 0.2) is 18.2 Å². The summed E-state index contributed by atoms with van der Waals surface area (Å²) in [7, 11) is 0. The van der Waals surface area contributed by atoms with Gasteiger partial charge < -0.3 is 15.4 Å². The number of benzene rings is 1. The molecule has 2 rings (SSSR count). The Balaban J connectivity index is 1.75. The molecule has 4 nitrogen and oxygen atoms in total. The van der Waals surface area contributed by atoms with Gasteiger partial charge in [-0.3, -0.25) is 4.79 Å². The molecule has 0 saturated carbocycles. The zero-order valence-corrected chi connectivity index (χ0v) is 11.4. The number of halogens is 2. The summed E-state index contributed by atoms with van der Waals surface area (Å²) in [5.41, 5.74) is 0.507. The second-order valence-electron chi connectivity index (χ2n) is 4.87. The summed E-state index contributed by atoms with van der Waals surface area (Å²) in [5, 5.41) is 5.84. The number of hydrogen-bond donors (Lipinski definition) is 2. The molecular weight excluding hydrogens is 271 g/mol. The van der Waals surface area contributed by atoms with Gasteiger partial charge in [-0.15, -0.1) is 0 Å². The van der Waals surface area contributed by atoms with Crippen LogP contribution in [0.5, 0.6) is 0 Å². The number of nitrogens with one attached hydrogen (secondary N) is 2. The van der Waals surface area contributed by atoms with Gasteiger partial charge in [-0.05, 0) is 24.6 Å². The average Bonchev–Trinajstić information content (AvgIpc) is 2.35. The lowest BCUT2D eigenvalue weighted by Crippen LogP contribution is -2.59. The van der Waals surface area contributed by atoms with Crippen LogP contribution in [0.1, 0.15) is 12.5 Å². The van der Waals surface area contributed by atoms with Crippen molar-refractivity contribution in [1.82, 2.24) is 10.6 Å². The quantitative estimate of drug-likeness (QED) is 0.862. The van der Waals surface area contributed by atoms with Gasteiger partial charge in [-0.25, -0.2) is 4.39 Å². The maximum atomic E-state index is 12.9.